The van der Waals surface area contributed by atoms with E-state index in [-0.39, 0.29) is 0 Å². The van der Waals surface area contributed by atoms with Crippen molar-refractivity contribution in [3.05, 3.63) is 35.5 Å². The maximum Gasteiger partial charge on any atom is 0.0499 e. The normalized spacial score (nSPS) is 11.2. The monoisotopic (exact) mass is 249 g/mol. The van der Waals surface area contributed by atoms with Crippen molar-refractivity contribution in [2.24, 2.45) is 0 Å². The fraction of sp³-hybridized carbons (Fsp3) is 0.467. The fourth-order valence-corrected chi connectivity index (χ4v) is 2.50. The van der Waals surface area contributed by atoms with Gasteiger partial charge in [-0.25, -0.2) is 0 Å². The van der Waals surface area contributed by atoms with Gasteiger partial charge in [0.25, 0.3) is 0 Å². The van der Waals surface area contributed by atoms with Crippen LogP contribution in [0.2, 0.25) is 5.02 Å². The Labute approximate surface area is 108 Å². The first-order valence-electron chi connectivity index (χ1n) is 6.56. The second kappa shape index (κ2) is 6.11. The van der Waals surface area contributed by atoms with Gasteiger partial charge in [0.15, 0.2) is 0 Å². The summed E-state index contributed by atoms with van der Waals surface area (Å²) in [5, 5.41) is 2.02. The molecule has 0 atom stereocenters. The zero-order valence-electron chi connectivity index (χ0n) is 10.5. The number of hydrogen-bond donors (Lipinski definition) is 0. The van der Waals surface area contributed by atoms with Gasteiger partial charge < -0.3 is 4.57 Å². The standard InChI is InChI=1S/C15H20ClN/c1-2-3-4-5-6-11-17-12-10-13-14(16)8-7-9-15(13)17/h7-10,12H,2-6,11H2,1H3. The maximum absolute atomic E-state index is 6.16. The van der Waals surface area contributed by atoms with E-state index in [0.717, 1.165) is 11.6 Å². The molecule has 2 rings (SSSR count). The van der Waals surface area contributed by atoms with Gasteiger partial charge in [-0.3, -0.25) is 0 Å². The number of benzene rings is 1. The van der Waals surface area contributed by atoms with E-state index in [1.807, 2.05) is 12.1 Å². The number of nitrogens with zero attached hydrogens (tertiary/aromatic N) is 1. The third kappa shape index (κ3) is 3.04. The van der Waals surface area contributed by atoms with Crippen LogP contribution in [0.4, 0.5) is 0 Å². The van der Waals surface area contributed by atoms with Crippen molar-refractivity contribution in [1.82, 2.24) is 4.57 Å². The third-order valence-electron chi connectivity index (χ3n) is 3.26. The summed E-state index contributed by atoms with van der Waals surface area (Å²) in [4.78, 5) is 0. The zero-order valence-corrected chi connectivity index (χ0v) is 11.2. The van der Waals surface area contributed by atoms with Crippen LogP contribution in [0.5, 0.6) is 0 Å². The number of aromatic nitrogens is 1. The van der Waals surface area contributed by atoms with Crippen LogP contribution in [0.3, 0.4) is 0 Å². The number of rotatable bonds is 6. The Morgan fingerprint density at radius 2 is 1.88 bits per heavy atom. The Morgan fingerprint density at radius 1 is 1.06 bits per heavy atom. The van der Waals surface area contributed by atoms with E-state index in [4.69, 9.17) is 11.6 Å². The van der Waals surface area contributed by atoms with E-state index in [1.165, 1.54) is 43.0 Å². The van der Waals surface area contributed by atoms with Gasteiger partial charge in [0, 0.05) is 28.7 Å². The van der Waals surface area contributed by atoms with Gasteiger partial charge >= 0.3 is 0 Å². The summed E-state index contributed by atoms with van der Waals surface area (Å²) >= 11 is 6.16. The molecule has 0 aliphatic rings. The highest BCUT2D eigenvalue weighted by atomic mass is 35.5. The molecule has 1 heterocycles. The molecule has 2 heteroatoms. The first-order chi connectivity index (χ1) is 8.33. The molecule has 2 aromatic rings. The highest BCUT2D eigenvalue weighted by Gasteiger charge is 2.03. The SMILES string of the molecule is CCCCCCCn1ccc2c(Cl)cccc21. The Balaban J connectivity index is 1.97. The minimum atomic E-state index is 0.854. The average Bonchev–Trinajstić information content (AvgIpc) is 2.74. The van der Waals surface area contributed by atoms with Crippen molar-refractivity contribution in [2.45, 2.75) is 45.6 Å². The molecular weight excluding hydrogens is 230 g/mol. The van der Waals surface area contributed by atoms with Gasteiger partial charge in [-0.2, -0.15) is 0 Å². The number of hydrogen-bond acceptors (Lipinski definition) is 0. The summed E-state index contributed by atoms with van der Waals surface area (Å²) in [5.74, 6) is 0. The first-order valence-corrected chi connectivity index (χ1v) is 6.94. The van der Waals surface area contributed by atoms with Crippen LogP contribution in [0.15, 0.2) is 30.5 Å². The molecule has 17 heavy (non-hydrogen) atoms. The molecule has 0 aliphatic carbocycles. The number of fused-ring (bicyclic) bond motifs is 1. The average molecular weight is 250 g/mol. The molecule has 1 nitrogen and oxygen atoms in total. The van der Waals surface area contributed by atoms with Crippen molar-refractivity contribution in [3.8, 4) is 0 Å². The lowest BCUT2D eigenvalue weighted by Crippen LogP contribution is -1.95. The van der Waals surface area contributed by atoms with Crippen LogP contribution in [0.25, 0.3) is 10.9 Å². The van der Waals surface area contributed by atoms with Gasteiger partial charge in [-0.15, -0.1) is 0 Å². The van der Waals surface area contributed by atoms with E-state index in [9.17, 15) is 0 Å². The van der Waals surface area contributed by atoms with E-state index >= 15 is 0 Å². The van der Waals surface area contributed by atoms with E-state index in [1.54, 1.807) is 0 Å². The molecule has 0 saturated heterocycles. The summed E-state index contributed by atoms with van der Waals surface area (Å²) in [6, 6.07) is 8.24. The highest BCUT2D eigenvalue weighted by Crippen LogP contribution is 2.24. The maximum atomic E-state index is 6.16. The van der Waals surface area contributed by atoms with E-state index < -0.39 is 0 Å². The summed E-state index contributed by atoms with van der Waals surface area (Å²) in [5.41, 5.74) is 1.26. The fourth-order valence-electron chi connectivity index (χ4n) is 2.27. The molecule has 92 valence electrons. The number of aryl methyl sites for hydroxylation is 1. The van der Waals surface area contributed by atoms with Gasteiger partial charge in [-0.05, 0) is 24.6 Å². The summed E-state index contributed by atoms with van der Waals surface area (Å²) < 4.78 is 2.31. The van der Waals surface area contributed by atoms with Crippen LogP contribution in [-0.2, 0) is 6.54 Å². The molecule has 0 saturated carbocycles. The molecular formula is C15H20ClN. The predicted molar refractivity (Wildman–Crippen MR) is 75.7 cm³/mol. The van der Waals surface area contributed by atoms with Crippen LogP contribution in [0, 0.1) is 0 Å². The topological polar surface area (TPSA) is 4.93 Å². The Morgan fingerprint density at radius 3 is 2.71 bits per heavy atom. The van der Waals surface area contributed by atoms with Gasteiger partial charge in [0.2, 0.25) is 0 Å². The number of halogens is 1. The van der Waals surface area contributed by atoms with E-state index in [0.29, 0.717) is 0 Å². The molecule has 0 N–H and O–H groups in total. The molecule has 1 aromatic heterocycles. The molecule has 0 amide bonds. The first kappa shape index (κ1) is 12.5. The van der Waals surface area contributed by atoms with E-state index in [2.05, 4.69) is 29.8 Å². The van der Waals surface area contributed by atoms with Gasteiger partial charge in [-0.1, -0.05) is 50.3 Å². The lowest BCUT2D eigenvalue weighted by Gasteiger charge is -2.05. The molecule has 0 unspecified atom stereocenters. The van der Waals surface area contributed by atoms with Gasteiger partial charge in [0.05, 0.1) is 0 Å². The number of unbranched alkanes of at least 4 members (excludes halogenated alkanes) is 4. The lowest BCUT2D eigenvalue weighted by molar-refractivity contribution is 0.577. The van der Waals surface area contributed by atoms with Crippen LogP contribution < -0.4 is 0 Å². The molecule has 0 aliphatic heterocycles. The van der Waals surface area contributed by atoms with Crippen molar-refractivity contribution in [2.75, 3.05) is 0 Å². The van der Waals surface area contributed by atoms with Gasteiger partial charge in [0.1, 0.15) is 0 Å². The summed E-state index contributed by atoms with van der Waals surface area (Å²) in [6.07, 6.45) is 8.76. The predicted octanol–water partition coefficient (Wildman–Crippen LogP) is 5.27. The smallest absolute Gasteiger partial charge is 0.0499 e. The third-order valence-corrected chi connectivity index (χ3v) is 3.59. The van der Waals surface area contributed by atoms with Crippen molar-refractivity contribution in [1.29, 1.82) is 0 Å². The lowest BCUT2D eigenvalue weighted by atomic mass is 10.1. The Kier molecular flexibility index (Phi) is 4.49. The quantitative estimate of drug-likeness (QED) is 0.615. The summed E-state index contributed by atoms with van der Waals surface area (Å²) in [6.45, 7) is 3.36. The summed E-state index contributed by atoms with van der Waals surface area (Å²) in [7, 11) is 0. The second-order valence-corrected chi connectivity index (χ2v) is 5.00. The highest BCUT2D eigenvalue weighted by molar-refractivity contribution is 6.35. The van der Waals surface area contributed by atoms with Crippen LogP contribution >= 0.6 is 11.6 Å². The van der Waals surface area contributed by atoms with Crippen LogP contribution in [0.1, 0.15) is 39.0 Å². The molecule has 0 bridgehead atoms. The largest absolute Gasteiger partial charge is 0.347 e. The Bertz CT molecular complexity index is 473. The minimum Gasteiger partial charge on any atom is -0.347 e. The minimum absolute atomic E-state index is 0.854. The Hall–Kier alpha value is -0.950. The van der Waals surface area contributed by atoms with Crippen molar-refractivity contribution < 1.29 is 0 Å². The molecule has 1 aromatic carbocycles. The van der Waals surface area contributed by atoms with Crippen LogP contribution in [-0.4, -0.2) is 4.57 Å². The second-order valence-electron chi connectivity index (χ2n) is 4.60. The molecule has 0 spiro atoms. The molecule has 0 fully saturated rings. The zero-order chi connectivity index (χ0) is 12.1. The van der Waals surface area contributed by atoms with Crippen molar-refractivity contribution >= 4 is 22.5 Å². The molecule has 0 radical (unpaired) electrons. The van der Waals surface area contributed by atoms with Crippen molar-refractivity contribution in [3.63, 3.8) is 0 Å².